The molecule has 0 atom stereocenters. The van der Waals surface area contributed by atoms with E-state index in [1.807, 2.05) is 0 Å². The molecule has 0 heterocycles. The highest BCUT2D eigenvalue weighted by Gasteiger charge is 2.29. The first-order valence-corrected chi connectivity index (χ1v) is 8.81. The number of carbonyl (C=O) groups excluding carboxylic acids is 3. The summed E-state index contributed by atoms with van der Waals surface area (Å²) in [6.07, 6.45) is 2.08. The fourth-order valence-electron chi connectivity index (χ4n) is 3.12. The molecule has 1 aliphatic carbocycles. The number of ketones is 2. The molecule has 27 heavy (non-hydrogen) atoms. The second-order valence-electron chi connectivity index (χ2n) is 6.42. The van der Waals surface area contributed by atoms with Gasteiger partial charge in [0, 0.05) is 40.8 Å². The molecule has 1 amide bonds. The number of aliphatic carboxylic acids is 1. The number of carboxylic acids is 1. The summed E-state index contributed by atoms with van der Waals surface area (Å²) in [7, 11) is 0. The van der Waals surface area contributed by atoms with Gasteiger partial charge in [-0.25, -0.2) is 0 Å². The third kappa shape index (κ3) is 3.95. The fraction of sp³-hybridized carbons (Fsp3) is 0.238. The highest BCUT2D eigenvalue weighted by Crippen LogP contribution is 2.27. The molecule has 6 nitrogen and oxygen atoms in total. The lowest BCUT2D eigenvalue weighted by molar-refractivity contribution is -0.137. The number of amides is 1. The lowest BCUT2D eigenvalue weighted by Crippen LogP contribution is -2.26. The van der Waals surface area contributed by atoms with Crippen LogP contribution in [0.25, 0.3) is 0 Å². The molecule has 0 spiro atoms. The van der Waals surface area contributed by atoms with E-state index in [1.54, 1.807) is 24.3 Å². The minimum Gasteiger partial charge on any atom is -0.481 e. The lowest BCUT2D eigenvalue weighted by Gasteiger charge is -2.17. The fourth-order valence-corrected chi connectivity index (χ4v) is 3.12. The molecule has 3 rings (SSSR count). The SMILES string of the molecule is O=C(O)CCCCCNC(=O)c1ccc2c(c1)C(=O)c1ccccc1C2=O. The molecule has 0 saturated carbocycles. The van der Waals surface area contributed by atoms with E-state index in [0.29, 0.717) is 48.1 Å². The number of benzene rings is 2. The summed E-state index contributed by atoms with van der Waals surface area (Å²) in [5, 5.41) is 11.3. The van der Waals surface area contributed by atoms with Gasteiger partial charge in [-0.05, 0) is 31.0 Å². The van der Waals surface area contributed by atoms with Crippen LogP contribution in [0.15, 0.2) is 42.5 Å². The third-order valence-corrected chi connectivity index (χ3v) is 4.54. The van der Waals surface area contributed by atoms with Crippen LogP contribution in [0.3, 0.4) is 0 Å². The topological polar surface area (TPSA) is 101 Å². The van der Waals surface area contributed by atoms with Crippen LogP contribution in [0.2, 0.25) is 0 Å². The number of hydrogen-bond donors (Lipinski definition) is 2. The molecule has 6 heteroatoms. The Morgan fingerprint density at radius 2 is 1.44 bits per heavy atom. The van der Waals surface area contributed by atoms with Crippen LogP contribution in [0.5, 0.6) is 0 Å². The summed E-state index contributed by atoms with van der Waals surface area (Å²) in [5.41, 5.74) is 1.61. The highest BCUT2D eigenvalue weighted by atomic mass is 16.4. The standard InChI is InChI=1S/C21H19NO5/c23-18(24)8-2-1-5-11-22-21(27)13-9-10-16-17(12-13)20(26)15-7-4-3-6-14(15)19(16)25/h3-4,6-7,9-10,12H,1-2,5,8,11H2,(H,22,27)(H,23,24). The van der Waals surface area contributed by atoms with Crippen LogP contribution in [0.4, 0.5) is 0 Å². The Labute approximate surface area is 156 Å². The van der Waals surface area contributed by atoms with E-state index in [4.69, 9.17) is 5.11 Å². The third-order valence-electron chi connectivity index (χ3n) is 4.54. The van der Waals surface area contributed by atoms with Crippen molar-refractivity contribution < 1.29 is 24.3 Å². The first-order valence-electron chi connectivity index (χ1n) is 8.81. The minimum absolute atomic E-state index is 0.121. The molecular formula is C21H19NO5. The summed E-state index contributed by atoms with van der Waals surface area (Å²) in [6.45, 7) is 0.422. The lowest BCUT2D eigenvalue weighted by atomic mass is 9.83. The summed E-state index contributed by atoms with van der Waals surface area (Å²) in [6, 6.07) is 11.2. The Hall–Kier alpha value is -3.28. The molecule has 0 bridgehead atoms. The van der Waals surface area contributed by atoms with Gasteiger partial charge in [-0.3, -0.25) is 19.2 Å². The van der Waals surface area contributed by atoms with E-state index in [2.05, 4.69) is 5.32 Å². The maximum Gasteiger partial charge on any atom is 0.303 e. The van der Waals surface area contributed by atoms with Crippen molar-refractivity contribution in [2.75, 3.05) is 6.54 Å². The maximum absolute atomic E-state index is 12.7. The van der Waals surface area contributed by atoms with Gasteiger partial charge in [-0.2, -0.15) is 0 Å². The Kier molecular flexibility index (Phi) is 5.45. The molecule has 1 aliphatic rings. The highest BCUT2D eigenvalue weighted by molar-refractivity contribution is 6.28. The van der Waals surface area contributed by atoms with Gasteiger partial charge in [0.25, 0.3) is 5.91 Å². The Morgan fingerprint density at radius 3 is 2.11 bits per heavy atom. The summed E-state index contributed by atoms with van der Waals surface area (Å²) in [5.74, 6) is -1.63. The molecule has 0 aromatic heterocycles. The van der Waals surface area contributed by atoms with E-state index in [9.17, 15) is 19.2 Å². The van der Waals surface area contributed by atoms with Crippen molar-refractivity contribution in [3.05, 3.63) is 70.3 Å². The Balaban J connectivity index is 1.67. The Bertz CT molecular complexity index is 932. The van der Waals surface area contributed by atoms with Crippen molar-refractivity contribution >= 4 is 23.4 Å². The van der Waals surface area contributed by atoms with Gasteiger partial charge in [0.15, 0.2) is 11.6 Å². The second kappa shape index (κ2) is 7.95. The van der Waals surface area contributed by atoms with Crippen LogP contribution in [-0.4, -0.2) is 35.1 Å². The predicted molar refractivity (Wildman–Crippen MR) is 98.2 cm³/mol. The van der Waals surface area contributed by atoms with Crippen molar-refractivity contribution in [3.8, 4) is 0 Å². The maximum atomic E-state index is 12.7. The van der Waals surface area contributed by atoms with Crippen molar-refractivity contribution in [1.29, 1.82) is 0 Å². The number of fused-ring (bicyclic) bond motifs is 2. The van der Waals surface area contributed by atoms with Crippen LogP contribution in [0, 0.1) is 0 Å². The first kappa shape index (κ1) is 18.5. The molecule has 0 radical (unpaired) electrons. The molecular weight excluding hydrogens is 346 g/mol. The normalized spacial score (nSPS) is 12.3. The average molecular weight is 365 g/mol. The molecule has 0 unspecified atom stereocenters. The quantitative estimate of drug-likeness (QED) is 0.627. The van der Waals surface area contributed by atoms with Gasteiger partial charge in [0.1, 0.15) is 0 Å². The number of nitrogens with one attached hydrogen (secondary N) is 1. The van der Waals surface area contributed by atoms with Gasteiger partial charge in [-0.1, -0.05) is 30.7 Å². The van der Waals surface area contributed by atoms with Crippen LogP contribution in [-0.2, 0) is 4.79 Å². The van der Waals surface area contributed by atoms with Crippen LogP contribution < -0.4 is 5.32 Å². The molecule has 2 aromatic carbocycles. The van der Waals surface area contributed by atoms with Gasteiger partial charge < -0.3 is 10.4 Å². The number of carbonyl (C=O) groups is 4. The van der Waals surface area contributed by atoms with Crippen LogP contribution >= 0.6 is 0 Å². The zero-order chi connectivity index (χ0) is 19.4. The van der Waals surface area contributed by atoms with Gasteiger partial charge >= 0.3 is 5.97 Å². The van der Waals surface area contributed by atoms with Crippen molar-refractivity contribution in [1.82, 2.24) is 5.32 Å². The van der Waals surface area contributed by atoms with Gasteiger partial charge in [0.2, 0.25) is 0 Å². The van der Waals surface area contributed by atoms with E-state index in [0.717, 1.165) is 0 Å². The molecule has 2 N–H and O–H groups in total. The second-order valence-corrected chi connectivity index (χ2v) is 6.42. The summed E-state index contributed by atoms with van der Waals surface area (Å²) >= 11 is 0. The Morgan fingerprint density at radius 1 is 0.815 bits per heavy atom. The monoisotopic (exact) mass is 365 g/mol. The van der Waals surface area contributed by atoms with Gasteiger partial charge in [-0.15, -0.1) is 0 Å². The van der Waals surface area contributed by atoms with E-state index >= 15 is 0 Å². The van der Waals surface area contributed by atoms with E-state index < -0.39 is 5.97 Å². The zero-order valence-corrected chi connectivity index (χ0v) is 14.7. The minimum atomic E-state index is -0.825. The number of hydrogen-bond acceptors (Lipinski definition) is 4. The smallest absolute Gasteiger partial charge is 0.303 e. The summed E-state index contributed by atoms with van der Waals surface area (Å²) in [4.78, 5) is 48.0. The number of unbranched alkanes of at least 4 members (excludes halogenated alkanes) is 2. The van der Waals surface area contributed by atoms with Gasteiger partial charge in [0.05, 0.1) is 0 Å². The largest absolute Gasteiger partial charge is 0.481 e. The zero-order valence-electron chi connectivity index (χ0n) is 14.7. The first-order chi connectivity index (χ1) is 13.0. The van der Waals surface area contributed by atoms with Crippen molar-refractivity contribution in [2.24, 2.45) is 0 Å². The average Bonchev–Trinajstić information content (AvgIpc) is 2.68. The summed E-state index contributed by atoms with van der Waals surface area (Å²) < 4.78 is 0. The molecule has 2 aromatic rings. The number of carboxylic acid groups (broad SMARTS) is 1. The molecule has 0 saturated heterocycles. The predicted octanol–water partition coefficient (Wildman–Crippen LogP) is 2.84. The molecule has 0 aliphatic heterocycles. The van der Waals surface area contributed by atoms with Crippen molar-refractivity contribution in [3.63, 3.8) is 0 Å². The van der Waals surface area contributed by atoms with E-state index in [-0.39, 0.29) is 29.5 Å². The number of rotatable bonds is 7. The molecule has 0 fully saturated rings. The van der Waals surface area contributed by atoms with Crippen LogP contribution in [0.1, 0.15) is 67.9 Å². The van der Waals surface area contributed by atoms with E-state index in [1.165, 1.54) is 18.2 Å². The molecule has 138 valence electrons. The van der Waals surface area contributed by atoms with Crippen molar-refractivity contribution in [2.45, 2.75) is 25.7 Å².